The van der Waals surface area contributed by atoms with Crippen molar-refractivity contribution in [1.29, 1.82) is 0 Å². The molecule has 0 saturated carbocycles. The first-order valence-electron chi connectivity index (χ1n) is 18.5. The van der Waals surface area contributed by atoms with Gasteiger partial charge in [-0.3, -0.25) is 0 Å². The molecule has 0 radical (unpaired) electrons. The lowest BCUT2D eigenvalue weighted by Gasteiger charge is -2.19. The van der Waals surface area contributed by atoms with E-state index in [9.17, 15) is 0 Å². The predicted molar refractivity (Wildman–Crippen MR) is 227 cm³/mol. The Morgan fingerprint density at radius 3 is 1.54 bits per heavy atom. The van der Waals surface area contributed by atoms with Crippen molar-refractivity contribution in [1.82, 2.24) is 0 Å². The fourth-order valence-corrected chi connectivity index (χ4v) is 9.09. The van der Waals surface area contributed by atoms with E-state index in [4.69, 9.17) is 8.83 Å². The van der Waals surface area contributed by atoms with Crippen LogP contribution in [0.15, 0.2) is 191 Å². The molecule has 0 aliphatic carbocycles. The smallest absolute Gasteiger partial charge is 0.136 e. The number of para-hydroxylation sites is 1. The number of hydrogen-bond donors (Lipinski definition) is 0. The molecule has 250 valence electrons. The molecule has 12 aromatic rings. The average Bonchev–Trinajstić information content (AvgIpc) is 3.80. The molecule has 0 aliphatic rings. The Kier molecular flexibility index (Phi) is 6.09. The summed E-state index contributed by atoms with van der Waals surface area (Å²) in [6.45, 7) is 0. The van der Waals surface area contributed by atoms with Crippen molar-refractivity contribution >= 4 is 87.0 Å². The van der Waals surface area contributed by atoms with Crippen LogP contribution >= 0.6 is 0 Å². The minimum Gasteiger partial charge on any atom is -0.456 e. The van der Waals surface area contributed by atoms with E-state index in [1.54, 1.807) is 0 Å². The van der Waals surface area contributed by atoms with Crippen molar-refractivity contribution in [3.8, 4) is 33.4 Å². The second kappa shape index (κ2) is 11.2. The Bertz CT molecular complexity index is 3430. The Balaban J connectivity index is 1.11. The Morgan fingerprint density at radius 2 is 0.796 bits per heavy atom. The zero-order valence-electron chi connectivity index (χ0n) is 29.1. The Hall–Kier alpha value is -7.16. The van der Waals surface area contributed by atoms with Crippen LogP contribution in [0.4, 0.5) is 0 Å². The van der Waals surface area contributed by atoms with Gasteiger partial charge in [-0.15, -0.1) is 0 Å². The number of rotatable bonds is 3. The van der Waals surface area contributed by atoms with Gasteiger partial charge in [0.05, 0.1) is 0 Å². The number of furan rings is 2. The molecular weight excluding hydrogens is 657 g/mol. The highest BCUT2D eigenvalue weighted by atomic mass is 16.3. The molecule has 2 aromatic heterocycles. The molecule has 0 fully saturated rings. The average molecular weight is 687 g/mol. The first-order valence-corrected chi connectivity index (χ1v) is 18.5. The third-order valence-electron chi connectivity index (χ3n) is 11.4. The van der Waals surface area contributed by atoms with Gasteiger partial charge in [-0.2, -0.15) is 0 Å². The standard InChI is InChI=1S/C52H30O2/c1-2-12-31(13-3-1)34-24-25-41(36-15-5-4-14-35(34)36)51-39-18-8-6-16-37(39)50(38-17-7-9-19-40(38)51)33-23-26-47-44(29-33)45-28-32-22-27-48-52(43(32)30-49(45)54-47)42-20-10-11-21-46(42)53-48/h1-30H. The highest BCUT2D eigenvalue weighted by Gasteiger charge is 2.20. The van der Waals surface area contributed by atoms with Crippen LogP contribution in [0.3, 0.4) is 0 Å². The Labute approximate surface area is 310 Å². The van der Waals surface area contributed by atoms with Crippen LogP contribution in [0, 0.1) is 0 Å². The zero-order chi connectivity index (χ0) is 35.3. The topological polar surface area (TPSA) is 26.3 Å². The fourth-order valence-electron chi connectivity index (χ4n) is 9.09. The molecule has 0 saturated heterocycles. The van der Waals surface area contributed by atoms with E-state index >= 15 is 0 Å². The van der Waals surface area contributed by atoms with Gasteiger partial charge in [0.25, 0.3) is 0 Å². The summed E-state index contributed by atoms with van der Waals surface area (Å²) in [5.41, 5.74) is 10.9. The van der Waals surface area contributed by atoms with Gasteiger partial charge in [-0.25, -0.2) is 0 Å². The number of fused-ring (bicyclic) bond motifs is 11. The second-order valence-corrected chi connectivity index (χ2v) is 14.3. The zero-order valence-corrected chi connectivity index (χ0v) is 29.1. The molecule has 0 aliphatic heterocycles. The molecule has 12 rings (SSSR count). The maximum atomic E-state index is 6.59. The molecule has 0 bridgehead atoms. The van der Waals surface area contributed by atoms with Crippen LogP contribution < -0.4 is 0 Å². The number of hydrogen-bond acceptors (Lipinski definition) is 2. The SMILES string of the molecule is c1ccc(-c2ccc(-c3c4ccccc4c(-c4ccc5oc6cc7c(ccc8oc9ccccc9c87)cc6c5c4)c4ccccc34)c3ccccc23)cc1. The van der Waals surface area contributed by atoms with Crippen LogP contribution in [0.5, 0.6) is 0 Å². The van der Waals surface area contributed by atoms with Crippen LogP contribution in [-0.4, -0.2) is 0 Å². The van der Waals surface area contributed by atoms with Crippen LogP contribution in [-0.2, 0) is 0 Å². The third kappa shape index (κ3) is 4.17. The monoisotopic (exact) mass is 686 g/mol. The van der Waals surface area contributed by atoms with Crippen LogP contribution in [0.25, 0.3) is 120 Å². The fraction of sp³-hybridized carbons (Fsp3) is 0. The summed E-state index contributed by atoms with van der Waals surface area (Å²) in [5.74, 6) is 0. The van der Waals surface area contributed by atoms with E-state index in [0.29, 0.717) is 0 Å². The molecule has 0 atom stereocenters. The van der Waals surface area contributed by atoms with E-state index < -0.39 is 0 Å². The minimum absolute atomic E-state index is 0.878. The first kappa shape index (κ1) is 29.4. The predicted octanol–water partition coefficient (Wildman–Crippen LogP) is 15.1. The highest BCUT2D eigenvalue weighted by Crippen LogP contribution is 2.47. The van der Waals surface area contributed by atoms with E-state index in [2.05, 4.69) is 170 Å². The normalized spacial score (nSPS) is 12.1. The highest BCUT2D eigenvalue weighted by molar-refractivity contribution is 6.26. The lowest BCUT2D eigenvalue weighted by Crippen LogP contribution is -1.92. The summed E-state index contributed by atoms with van der Waals surface area (Å²) in [6, 6.07) is 65.7. The quantitative estimate of drug-likeness (QED) is 0.173. The molecule has 2 nitrogen and oxygen atoms in total. The van der Waals surface area contributed by atoms with Crippen molar-refractivity contribution in [2.24, 2.45) is 0 Å². The van der Waals surface area contributed by atoms with Gasteiger partial charge in [-0.05, 0) is 113 Å². The van der Waals surface area contributed by atoms with E-state index in [-0.39, 0.29) is 0 Å². The molecule has 0 unspecified atom stereocenters. The van der Waals surface area contributed by atoms with Crippen molar-refractivity contribution < 1.29 is 8.83 Å². The van der Waals surface area contributed by atoms with Gasteiger partial charge >= 0.3 is 0 Å². The lowest BCUT2D eigenvalue weighted by atomic mass is 9.83. The second-order valence-electron chi connectivity index (χ2n) is 14.3. The van der Waals surface area contributed by atoms with Gasteiger partial charge < -0.3 is 8.83 Å². The number of benzene rings is 10. The van der Waals surface area contributed by atoms with Crippen LogP contribution in [0.2, 0.25) is 0 Å². The summed E-state index contributed by atoms with van der Waals surface area (Å²) in [5, 5.41) is 14.2. The van der Waals surface area contributed by atoms with Gasteiger partial charge in [0, 0.05) is 21.5 Å². The maximum Gasteiger partial charge on any atom is 0.136 e. The Morgan fingerprint density at radius 1 is 0.259 bits per heavy atom. The summed E-state index contributed by atoms with van der Waals surface area (Å²) >= 11 is 0. The summed E-state index contributed by atoms with van der Waals surface area (Å²) in [6.07, 6.45) is 0. The van der Waals surface area contributed by atoms with Gasteiger partial charge in [0.15, 0.2) is 0 Å². The van der Waals surface area contributed by atoms with Gasteiger partial charge in [-0.1, -0.05) is 146 Å². The molecule has 10 aromatic carbocycles. The summed E-state index contributed by atoms with van der Waals surface area (Å²) in [7, 11) is 0. The molecule has 0 N–H and O–H groups in total. The van der Waals surface area contributed by atoms with Crippen molar-refractivity contribution in [3.05, 3.63) is 182 Å². The van der Waals surface area contributed by atoms with Crippen molar-refractivity contribution in [2.75, 3.05) is 0 Å². The third-order valence-corrected chi connectivity index (χ3v) is 11.4. The molecule has 0 amide bonds. The largest absolute Gasteiger partial charge is 0.456 e. The van der Waals surface area contributed by atoms with Crippen molar-refractivity contribution in [2.45, 2.75) is 0 Å². The molecule has 2 heteroatoms. The molecular formula is C52H30O2. The minimum atomic E-state index is 0.878. The molecule has 2 heterocycles. The summed E-state index contributed by atoms with van der Waals surface area (Å²) < 4.78 is 12.8. The van der Waals surface area contributed by atoms with E-state index in [1.807, 2.05) is 12.1 Å². The van der Waals surface area contributed by atoms with Crippen LogP contribution in [0.1, 0.15) is 0 Å². The van der Waals surface area contributed by atoms with E-state index in [0.717, 1.165) is 49.3 Å². The molecule has 54 heavy (non-hydrogen) atoms. The lowest BCUT2D eigenvalue weighted by molar-refractivity contribution is 0.669. The van der Waals surface area contributed by atoms with E-state index in [1.165, 1.54) is 71.1 Å². The summed E-state index contributed by atoms with van der Waals surface area (Å²) in [4.78, 5) is 0. The van der Waals surface area contributed by atoms with Gasteiger partial charge in [0.1, 0.15) is 22.3 Å². The van der Waals surface area contributed by atoms with Gasteiger partial charge in [0.2, 0.25) is 0 Å². The maximum absolute atomic E-state index is 6.59. The van der Waals surface area contributed by atoms with Crippen molar-refractivity contribution in [3.63, 3.8) is 0 Å². The molecule has 0 spiro atoms. The first-order chi connectivity index (χ1) is 26.8.